The molecule has 0 spiro atoms. The third kappa shape index (κ3) is 1.25. The predicted molar refractivity (Wildman–Crippen MR) is 40.7 cm³/mol. The summed E-state index contributed by atoms with van der Waals surface area (Å²) in [5, 5.41) is 0. The molecule has 0 aromatic rings. The Bertz CT molecular complexity index is 146. The van der Waals surface area contributed by atoms with Crippen molar-refractivity contribution >= 4 is 11.8 Å². The molecule has 0 nitrogen and oxygen atoms in total. The molecule has 1 aliphatic rings. The SMILES string of the molecule is CC(C)C1(C(F)(F)F)CSC1. The molecule has 0 saturated carbocycles. The lowest BCUT2D eigenvalue weighted by molar-refractivity contribution is -0.225. The van der Waals surface area contributed by atoms with Crippen molar-refractivity contribution in [1.29, 1.82) is 0 Å². The number of halogens is 3. The fourth-order valence-corrected chi connectivity index (χ4v) is 2.78. The van der Waals surface area contributed by atoms with Gasteiger partial charge < -0.3 is 0 Å². The van der Waals surface area contributed by atoms with Crippen molar-refractivity contribution in [2.45, 2.75) is 20.0 Å². The number of alkyl halides is 3. The fourth-order valence-electron chi connectivity index (χ4n) is 1.15. The first kappa shape index (κ1) is 9.23. The molecule has 1 rings (SSSR count). The smallest absolute Gasteiger partial charge is 0.170 e. The van der Waals surface area contributed by atoms with E-state index in [1.165, 1.54) is 11.8 Å². The average molecular weight is 184 g/mol. The van der Waals surface area contributed by atoms with Gasteiger partial charge in [0.15, 0.2) is 0 Å². The van der Waals surface area contributed by atoms with E-state index in [0.29, 0.717) is 0 Å². The zero-order chi connectivity index (χ0) is 8.70. The van der Waals surface area contributed by atoms with E-state index in [0.717, 1.165) is 0 Å². The summed E-state index contributed by atoms with van der Waals surface area (Å²) < 4.78 is 37.2. The van der Waals surface area contributed by atoms with Crippen LogP contribution < -0.4 is 0 Å². The highest BCUT2D eigenvalue weighted by atomic mass is 32.2. The Hall–Kier alpha value is 0.140. The molecule has 0 radical (unpaired) electrons. The van der Waals surface area contributed by atoms with Crippen molar-refractivity contribution in [2.75, 3.05) is 11.5 Å². The quantitative estimate of drug-likeness (QED) is 0.603. The molecule has 66 valence electrons. The first-order valence-corrected chi connectivity index (χ1v) is 4.70. The van der Waals surface area contributed by atoms with Crippen LogP contribution in [0.2, 0.25) is 0 Å². The van der Waals surface area contributed by atoms with Crippen LogP contribution in [0.3, 0.4) is 0 Å². The molecule has 0 bridgehead atoms. The second-order valence-electron chi connectivity index (χ2n) is 3.30. The summed E-state index contributed by atoms with van der Waals surface area (Å²) in [4.78, 5) is 0. The van der Waals surface area contributed by atoms with Crippen LogP contribution in [0.15, 0.2) is 0 Å². The van der Waals surface area contributed by atoms with Gasteiger partial charge in [-0.2, -0.15) is 24.9 Å². The van der Waals surface area contributed by atoms with E-state index in [2.05, 4.69) is 0 Å². The minimum absolute atomic E-state index is 0.244. The third-order valence-electron chi connectivity index (χ3n) is 2.39. The molecular formula is C7H11F3S. The summed E-state index contributed by atoms with van der Waals surface area (Å²) in [6.45, 7) is 3.29. The van der Waals surface area contributed by atoms with Gasteiger partial charge in [-0.25, -0.2) is 0 Å². The van der Waals surface area contributed by atoms with E-state index in [1.807, 2.05) is 0 Å². The molecule has 1 aliphatic heterocycles. The van der Waals surface area contributed by atoms with Crippen LogP contribution in [-0.2, 0) is 0 Å². The topological polar surface area (TPSA) is 0 Å². The van der Waals surface area contributed by atoms with E-state index in [1.54, 1.807) is 13.8 Å². The average Bonchev–Trinajstić information content (AvgIpc) is 1.52. The first-order chi connectivity index (χ1) is 4.90. The van der Waals surface area contributed by atoms with Gasteiger partial charge in [0.2, 0.25) is 0 Å². The largest absolute Gasteiger partial charge is 0.396 e. The second kappa shape index (κ2) is 2.57. The van der Waals surface area contributed by atoms with Crippen LogP contribution in [0, 0.1) is 11.3 Å². The van der Waals surface area contributed by atoms with Crippen LogP contribution in [0.4, 0.5) is 13.2 Å². The van der Waals surface area contributed by atoms with Gasteiger partial charge in [0, 0.05) is 11.5 Å². The predicted octanol–water partition coefficient (Wildman–Crippen LogP) is 2.94. The van der Waals surface area contributed by atoms with Crippen LogP contribution in [0.1, 0.15) is 13.8 Å². The Labute approximate surface area is 68.5 Å². The van der Waals surface area contributed by atoms with Crippen LogP contribution in [0.25, 0.3) is 0 Å². The van der Waals surface area contributed by atoms with Gasteiger partial charge in [-0.1, -0.05) is 13.8 Å². The van der Waals surface area contributed by atoms with Gasteiger partial charge in [-0.05, 0) is 5.92 Å². The van der Waals surface area contributed by atoms with Crippen molar-refractivity contribution in [3.63, 3.8) is 0 Å². The summed E-state index contributed by atoms with van der Waals surface area (Å²) >= 11 is 1.38. The number of hydrogen-bond acceptors (Lipinski definition) is 1. The van der Waals surface area contributed by atoms with E-state index in [4.69, 9.17) is 0 Å². The molecule has 0 aromatic carbocycles. The molecule has 11 heavy (non-hydrogen) atoms. The highest BCUT2D eigenvalue weighted by Gasteiger charge is 2.60. The molecule has 0 amide bonds. The highest BCUT2D eigenvalue weighted by molar-refractivity contribution is 8.00. The van der Waals surface area contributed by atoms with Gasteiger partial charge in [-0.15, -0.1) is 0 Å². The van der Waals surface area contributed by atoms with Gasteiger partial charge in [0.05, 0.1) is 5.41 Å². The molecule has 1 fully saturated rings. The summed E-state index contributed by atoms with van der Waals surface area (Å²) in [5.74, 6) is 0.200. The number of thioether (sulfide) groups is 1. The van der Waals surface area contributed by atoms with E-state index < -0.39 is 11.6 Å². The fraction of sp³-hybridized carbons (Fsp3) is 1.00. The Morgan fingerprint density at radius 3 is 1.73 bits per heavy atom. The molecule has 0 aliphatic carbocycles. The minimum atomic E-state index is -4.01. The highest BCUT2D eigenvalue weighted by Crippen LogP contribution is 2.54. The Morgan fingerprint density at radius 2 is 1.73 bits per heavy atom. The summed E-state index contributed by atoms with van der Waals surface area (Å²) in [5.41, 5.74) is -1.38. The van der Waals surface area contributed by atoms with Crippen molar-refractivity contribution in [1.82, 2.24) is 0 Å². The number of hydrogen-bond donors (Lipinski definition) is 0. The van der Waals surface area contributed by atoms with Crippen molar-refractivity contribution in [3.05, 3.63) is 0 Å². The molecule has 0 unspecified atom stereocenters. The van der Waals surface area contributed by atoms with Crippen LogP contribution in [0.5, 0.6) is 0 Å². The zero-order valence-corrected chi connectivity index (χ0v) is 7.35. The van der Waals surface area contributed by atoms with E-state index in [9.17, 15) is 13.2 Å². The molecule has 0 aromatic heterocycles. The minimum Gasteiger partial charge on any atom is -0.170 e. The van der Waals surface area contributed by atoms with Crippen molar-refractivity contribution in [3.8, 4) is 0 Å². The van der Waals surface area contributed by atoms with Crippen LogP contribution >= 0.6 is 11.8 Å². The lowest BCUT2D eigenvalue weighted by Crippen LogP contribution is -2.52. The van der Waals surface area contributed by atoms with Gasteiger partial charge in [-0.3, -0.25) is 0 Å². The van der Waals surface area contributed by atoms with Gasteiger partial charge in [0.25, 0.3) is 0 Å². The molecule has 4 heteroatoms. The molecule has 1 heterocycles. The van der Waals surface area contributed by atoms with Crippen LogP contribution in [-0.4, -0.2) is 17.7 Å². The zero-order valence-electron chi connectivity index (χ0n) is 6.53. The molecule has 0 atom stereocenters. The van der Waals surface area contributed by atoms with Gasteiger partial charge in [0.1, 0.15) is 0 Å². The molecule has 1 saturated heterocycles. The maximum atomic E-state index is 12.4. The summed E-state index contributed by atoms with van der Waals surface area (Å²) in [6, 6.07) is 0. The maximum absolute atomic E-state index is 12.4. The normalized spacial score (nSPS) is 23.5. The lowest BCUT2D eigenvalue weighted by atomic mass is 9.79. The van der Waals surface area contributed by atoms with E-state index >= 15 is 0 Å². The second-order valence-corrected chi connectivity index (χ2v) is 4.29. The monoisotopic (exact) mass is 184 g/mol. The third-order valence-corrected chi connectivity index (χ3v) is 3.83. The molecular weight excluding hydrogens is 173 g/mol. The molecule has 0 N–H and O–H groups in total. The van der Waals surface area contributed by atoms with E-state index in [-0.39, 0.29) is 17.4 Å². The van der Waals surface area contributed by atoms with Crippen molar-refractivity contribution in [2.24, 2.45) is 11.3 Å². The Morgan fingerprint density at radius 1 is 1.27 bits per heavy atom. The van der Waals surface area contributed by atoms with Gasteiger partial charge >= 0.3 is 6.18 Å². The Balaban J connectivity index is 2.76. The summed E-state index contributed by atoms with van der Waals surface area (Å²) in [6.07, 6.45) is -4.01. The Kier molecular flexibility index (Phi) is 2.16. The number of rotatable bonds is 1. The summed E-state index contributed by atoms with van der Waals surface area (Å²) in [7, 11) is 0. The van der Waals surface area contributed by atoms with Crippen molar-refractivity contribution < 1.29 is 13.2 Å². The lowest BCUT2D eigenvalue weighted by Gasteiger charge is -2.45. The maximum Gasteiger partial charge on any atom is 0.396 e. The first-order valence-electron chi connectivity index (χ1n) is 3.54. The standard InChI is InChI=1S/C7H11F3S/c1-5(2)6(3-11-4-6)7(8,9)10/h5H,3-4H2,1-2H3.